The van der Waals surface area contributed by atoms with Crippen molar-refractivity contribution in [1.82, 2.24) is 14.9 Å². The molecular formula is C26H24N4O2S. The van der Waals surface area contributed by atoms with Crippen LogP contribution in [0, 0.1) is 6.92 Å². The van der Waals surface area contributed by atoms with Crippen LogP contribution in [0.2, 0.25) is 0 Å². The molecule has 2 aromatic heterocycles. The number of hydrogen-bond acceptors (Lipinski definition) is 5. The summed E-state index contributed by atoms with van der Waals surface area (Å²) in [6.07, 6.45) is 3.65. The number of amides is 2. The fraction of sp³-hybridized carbons (Fsp3) is 0.154. The van der Waals surface area contributed by atoms with Crippen molar-refractivity contribution in [2.75, 3.05) is 5.32 Å². The number of carbonyl (C=O) groups excluding carboxylic acids is 2. The van der Waals surface area contributed by atoms with Crippen molar-refractivity contribution in [1.29, 1.82) is 0 Å². The Morgan fingerprint density at radius 1 is 0.970 bits per heavy atom. The minimum absolute atomic E-state index is 0.0339. The molecule has 4 aromatic rings. The number of aromatic nitrogens is 2. The summed E-state index contributed by atoms with van der Waals surface area (Å²) in [6.45, 7) is 3.01. The van der Waals surface area contributed by atoms with Crippen LogP contribution in [-0.2, 0) is 24.3 Å². The summed E-state index contributed by atoms with van der Waals surface area (Å²) in [5.41, 5.74) is 4.40. The summed E-state index contributed by atoms with van der Waals surface area (Å²) < 4.78 is 0. The van der Waals surface area contributed by atoms with Crippen molar-refractivity contribution < 1.29 is 9.59 Å². The normalized spacial score (nSPS) is 10.6. The second kappa shape index (κ2) is 10.7. The predicted molar refractivity (Wildman–Crippen MR) is 130 cm³/mol. The highest BCUT2D eigenvalue weighted by Gasteiger charge is 2.18. The zero-order valence-electron chi connectivity index (χ0n) is 18.3. The summed E-state index contributed by atoms with van der Waals surface area (Å²) in [5.74, 6) is -0.256. The van der Waals surface area contributed by atoms with E-state index >= 15 is 0 Å². The number of nitrogens with zero attached hydrogens (tertiary/aromatic N) is 3. The van der Waals surface area contributed by atoms with Crippen molar-refractivity contribution in [2.24, 2.45) is 0 Å². The van der Waals surface area contributed by atoms with E-state index in [0.717, 1.165) is 16.7 Å². The predicted octanol–water partition coefficient (Wildman–Crippen LogP) is 4.87. The Balaban J connectivity index is 1.46. The standard InChI is InChI=1S/C26H24N4O2S/c1-19-8-5-6-12-22(19)17-30(16-20-9-7-13-27-15-20)24(31)14-23-18-33-26(28-23)29-25(32)21-10-3-2-4-11-21/h2-13,15,18H,14,16-17H2,1H3,(H,28,29,32). The highest BCUT2D eigenvalue weighted by Crippen LogP contribution is 2.19. The first-order valence-corrected chi connectivity index (χ1v) is 11.5. The zero-order valence-corrected chi connectivity index (χ0v) is 19.1. The molecule has 0 aliphatic heterocycles. The molecule has 166 valence electrons. The van der Waals surface area contributed by atoms with Crippen molar-refractivity contribution in [3.05, 3.63) is 112 Å². The van der Waals surface area contributed by atoms with Crippen LogP contribution in [0.15, 0.2) is 84.5 Å². The van der Waals surface area contributed by atoms with E-state index in [-0.39, 0.29) is 18.2 Å². The van der Waals surface area contributed by atoms with Crippen LogP contribution in [0.3, 0.4) is 0 Å². The molecule has 4 rings (SSSR count). The van der Waals surface area contributed by atoms with Gasteiger partial charge in [0, 0.05) is 36.4 Å². The van der Waals surface area contributed by atoms with E-state index in [0.29, 0.717) is 29.5 Å². The van der Waals surface area contributed by atoms with Gasteiger partial charge >= 0.3 is 0 Å². The maximum Gasteiger partial charge on any atom is 0.257 e. The monoisotopic (exact) mass is 456 g/mol. The molecule has 0 aliphatic carbocycles. The number of benzene rings is 2. The van der Waals surface area contributed by atoms with Gasteiger partial charge in [0.1, 0.15) is 0 Å². The van der Waals surface area contributed by atoms with E-state index in [9.17, 15) is 9.59 Å². The average molecular weight is 457 g/mol. The lowest BCUT2D eigenvalue weighted by Crippen LogP contribution is -2.31. The second-order valence-electron chi connectivity index (χ2n) is 7.68. The Morgan fingerprint density at radius 3 is 2.52 bits per heavy atom. The highest BCUT2D eigenvalue weighted by atomic mass is 32.1. The maximum absolute atomic E-state index is 13.3. The first-order chi connectivity index (χ1) is 16.1. The van der Waals surface area contributed by atoms with Gasteiger partial charge in [0.15, 0.2) is 5.13 Å². The molecule has 0 atom stereocenters. The van der Waals surface area contributed by atoms with Gasteiger partial charge in [-0.1, -0.05) is 48.5 Å². The molecule has 0 saturated carbocycles. The first kappa shape index (κ1) is 22.4. The lowest BCUT2D eigenvalue weighted by atomic mass is 10.1. The average Bonchev–Trinajstić information content (AvgIpc) is 3.27. The smallest absolute Gasteiger partial charge is 0.257 e. The van der Waals surface area contributed by atoms with Crippen molar-refractivity contribution in [3.8, 4) is 0 Å². The number of thiazole rings is 1. The van der Waals surface area contributed by atoms with Gasteiger partial charge in [0.05, 0.1) is 12.1 Å². The Labute approximate surface area is 197 Å². The molecule has 1 N–H and O–H groups in total. The lowest BCUT2D eigenvalue weighted by molar-refractivity contribution is -0.131. The molecule has 6 nitrogen and oxygen atoms in total. The molecule has 0 spiro atoms. The summed E-state index contributed by atoms with van der Waals surface area (Å²) in [7, 11) is 0. The number of anilines is 1. The van der Waals surface area contributed by atoms with Crippen LogP contribution < -0.4 is 5.32 Å². The third-order valence-electron chi connectivity index (χ3n) is 5.21. The van der Waals surface area contributed by atoms with Crippen LogP contribution in [0.1, 0.15) is 32.7 Å². The lowest BCUT2D eigenvalue weighted by Gasteiger charge is -2.23. The molecule has 2 amide bonds. The van der Waals surface area contributed by atoms with Crippen molar-refractivity contribution in [3.63, 3.8) is 0 Å². The number of pyridine rings is 1. The molecule has 0 bridgehead atoms. The quantitative estimate of drug-likeness (QED) is 0.410. The van der Waals surface area contributed by atoms with Gasteiger partial charge < -0.3 is 4.90 Å². The zero-order chi connectivity index (χ0) is 23.0. The van der Waals surface area contributed by atoms with E-state index in [4.69, 9.17) is 0 Å². The number of aryl methyl sites for hydroxylation is 1. The van der Waals surface area contributed by atoms with Gasteiger partial charge in [-0.3, -0.25) is 19.9 Å². The van der Waals surface area contributed by atoms with Crippen LogP contribution in [-0.4, -0.2) is 26.7 Å². The molecule has 0 saturated heterocycles. The fourth-order valence-electron chi connectivity index (χ4n) is 3.41. The molecule has 2 aromatic carbocycles. The van der Waals surface area contributed by atoms with Crippen LogP contribution in [0.25, 0.3) is 0 Å². The maximum atomic E-state index is 13.3. The van der Waals surface area contributed by atoms with Gasteiger partial charge in [-0.05, 0) is 41.8 Å². The molecule has 0 radical (unpaired) electrons. The largest absolute Gasteiger partial charge is 0.334 e. The number of hydrogen-bond donors (Lipinski definition) is 1. The van der Waals surface area contributed by atoms with Gasteiger partial charge in [0.25, 0.3) is 5.91 Å². The van der Waals surface area contributed by atoms with Gasteiger partial charge in [-0.2, -0.15) is 0 Å². The number of carbonyl (C=O) groups is 2. The summed E-state index contributed by atoms with van der Waals surface area (Å²) in [6, 6.07) is 20.9. The summed E-state index contributed by atoms with van der Waals surface area (Å²) in [4.78, 5) is 36.1. The second-order valence-corrected chi connectivity index (χ2v) is 8.54. The number of nitrogens with one attached hydrogen (secondary N) is 1. The van der Waals surface area contributed by atoms with E-state index < -0.39 is 0 Å². The first-order valence-electron chi connectivity index (χ1n) is 10.6. The molecule has 2 heterocycles. The molecule has 0 aliphatic rings. The fourth-order valence-corrected chi connectivity index (χ4v) is 4.11. The molecular weight excluding hydrogens is 432 g/mol. The van der Waals surface area contributed by atoms with Crippen LogP contribution in [0.5, 0.6) is 0 Å². The minimum atomic E-state index is -0.222. The SMILES string of the molecule is Cc1ccccc1CN(Cc1cccnc1)C(=O)Cc1csc(NC(=O)c2ccccc2)n1. The molecule has 0 unspecified atom stereocenters. The van der Waals surface area contributed by atoms with E-state index in [1.54, 1.807) is 24.5 Å². The van der Waals surface area contributed by atoms with Gasteiger partial charge in [0.2, 0.25) is 5.91 Å². The molecule has 33 heavy (non-hydrogen) atoms. The Hall–Kier alpha value is -3.84. The van der Waals surface area contributed by atoms with Gasteiger partial charge in [-0.15, -0.1) is 11.3 Å². The van der Waals surface area contributed by atoms with Crippen molar-refractivity contribution in [2.45, 2.75) is 26.4 Å². The highest BCUT2D eigenvalue weighted by molar-refractivity contribution is 7.14. The van der Waals surface area contributed by atoms with Crippen LogP contribution in [0.4, 0.5) is 5.13 Å². The molecule has 0 fully saturated rings. The third kappa shape index (κ3) is 6.11. The van der Waals surface area contributed by atoms with Crippen molar-refractivity contribution >= 4 is 28.3 Å². The Morgan fingerprint density at radius 2 is 1.76 bits per heavy atom. The van der Waals surface area contributed by atoms with E-state index in [1.807, 2.05) is 71.8 Å². The van der Waals surface area contributed by atoms with Gasteiger partial charge in [-0.25, -0.2) is 4.98 Å². The minimum Gasteiger partial charge on any atom is -0.334 e. The Bertz CT molecular complexity index is 1230. The summed E-state index contributed by atoms with van der Waals surface area (Å²) in [5, 5.41) is 5.09. The third-order valence-corrected chi connectivity index (χ3v) is 6.02. The topological polar surface area (TPSA) is 75.2 Å². The van der Waals surface area contributed by atoms with Crippen LogP contribution >= 0.6 is 11.3 Å². The van der Waals surface area contributed by atoms with E-state index in [2.05, 4.69) is 15.3 Å². The van der Waals surface area contributed by atoms with E-state index in [1.165, 1.54) is 11.3 Å². The molecule has 7 heteroatoms. The Kier molecular flexibility index (Phi) is 7.22. The number of rotatable bonds is 8. The summed E-state index contributed by atoms with van der Waals surface area (Å²) >= 11 is 1.31.